The fourth-order valence-corrected chi connectivity index (χ4v) is 5.02. The van der Waals surface area contributed by atoms with Crippen molar-refractivity contribution in [3.8, 4) is 5.75 Å². The molecule has 0 spiro atoms. The Labute approximate surface area is 191 Å². The predicted molar refractivity (Wildman–Crippen MR) is 126 cm³/mol. The third-order valence-electron chi connectivity index (χ3n) is 5.24. The molecule has 0 aliphatic carbocycles. The van der Waals surface area contributed by atoms with Crippen LogP contribution >= 0.6 is 22.9 Å². The number of aromatic nitrogens is 1. The Bertz CT molecular complexity index is 1020. The van der Waals surface area contributed by atoms with Gasteiger partial charge in [-0.25, -0.2) is 4.98 Å². The van der Waals surface area contributed by atoms with Gasteiger partial charge in [0.2, 0.25) is 5.91 Å². The van der Waals surface area contributed by atoms with Crippen LogP contribution in [-0.4, -0.2) is 61.8 Å². The van der Waals surface area contributed by atoms with Crippen LogP contribution in [0.15, 0.2) is 42.5 Å². The van der Waals surface area contributed by atoms with Crippen LogP contribution < -0.4 is 9.64 Å². The van der Waals surface area contributed by atoms with Gasteiger partial charge in [0.15, 0.2) is 5.13 Å². The quantitative estimate of drug-likeness (QED) is 0.500. The van der Waals surface area contributed by atoms with Gasteiger partial charge >= 0.3 is 0 Å². The van der Waals surface area contributed by atoms with Gasteiger partial charge in [-0.3, -0.25) is 14.6 Å². The Balaban J connectivity index is 1.49. The van der Waals surface area contributed by atoms with Crippen molar-refractivity contribution < 1.29 is 14.3 Å². The van der Waals surface area contributed by atoms with E-state index in [0.29, 0.717) is 23.3 Å². The summed E-state index contributed by atoms with van der Waals surface area (Å²) in [5.74, 6) is 0.771. The van der Waals surface area contributed by atoms with E-state index in [1.165, 1.54) is 11.3 Å². The number of carbonyl (C=O) groups excluding carboxylic acids is 1. The summed E-state index contributed by atoms with van der Waals surface area (Å²) in [6, 6.07) is 13.4. The molecule has 31 heavy (non-hydrogen) atoms. The van der Waals surface area contributed by atoms with Gasteiger partial charge < -0.3 is 9.47 Å². The van der Waals surface area contributed by atoms with Gasteiger partial charge in [0, 0.05) is 31.2 Å². The Kier molecular flexibility index (Phi) is 7.40. The maximum absolute atomic E-state index is 13.2. The number of anilines is 1. The Morgan fingerprint density at radius 2 is 2.03 bits per heavy atom. The molecule has 4 rings (SSSR count). The molecule has 1 aromatic heterocycles. The topological polar surface area (TPSA) is 54.9 Å². The molecule has 8 heteroatoms. The number of hydrogen-bond donors (Lipinski definition) is 0. The monoisotopic (exact) mass is 459 g/mol. The summed E-state index contributed by atoms with van der Waals surface area (Å²) in [6.07, 6.45) is 0.285. The predicted octanol–water partition coefficient (Wildman–Crippen LogP) is 4.39. The van der Waals surface area contributed by atoms with Crippen LogP contribution in [0.25, 0.3) is 10.2 Å². The molecule has 164 valence electrons. The zero-order valence-electron chi connectivity index (χ0n) is 17.6. The van der Waals surface area contributed by atoms with Crippen molar-refractivity contribution in [1.82, 2.24) is 9.88 Å². The molecule has 3 aromatic rings. The Morgan fingerprint density at radius 3 is 2.81 bits per heavy atom. The van der Waals surface area contributed by atoms with Gasteiger partial charge in [-0.2, -0.15) is 0 Å². The van der Waals surface area contributed by atoms with E-state index in [4.69, 9.17) is 26.1 Å². The highest BCUT2D eigenvalue weighted by Crippen LogP contribution is 2.33. The minimum atomic E-state index is 0.00648. The minimum absolute atomic E-state index is 0.00648. The molecular weight excluding hydrogens is 434 g/mol. The lowest BCUT2D eigenvalue weighted by atomic mass is 10.2. The summed E-state index contributed by atoms with van der Waals surface area (Å²) < 4.78 is 12.2. The van der Waals surface area contributed by atoms with Crippen LogP contribution in [0.2, 0.25) is 5.02 Å². The van der Waals surface area contributed by atoms with E-state index < -0.39 is 0 Å². The van der Waals surface area contributed by atoms with E-state index in [-0.39, 0.29) is 12.3 Å². The number of benzene rings is 2. The van der Waals surface area contributed by atoms with Crippen molar-refractivity contribution in [2.75, 3.05) is 50.9 Å². The summed E-state index contributed by atoms with van der Waals surface area (Å²) in [4.78, 5) is 22.1. The third kappa shape index (κ3) is 5.74. The molecule has 0 radical (unpaired) electrons. The molecule has 0 unspecified atom stereocenters. The van der Waals surface area contributed by atoms with Gasteiger partial charge in [-0.15, -0.1) is 0 Å². The number of nitrogens with zero attached hydrogens (tertiary/aromatic N) is 3. The number of para-hydroxylation sites is 1. The third-order valence-corrected chi connectivity index (χ3v) is 6.49. The molecule has 1 fully saturated rings. The van der Waals surface area contributed by atoms with Crippen LogP contribution in [0.5, 0.6) is 5.75 Å². The van der Waals surface area contributed by atoms with Crippen molar-refractivity contribution in [1.29, 1.82) is 0 Å². The van der Waals surface area contributed by atoms with Crippen LogP contribution in [0.3, 0.4) is 0 Å². The molecule has 0 N–H and O–H groups in total. The highest BCUT2D eigenvalue weighted by Gasteiger charge is 2.22. The average Bonchev–Trinajstić information content (AvgIpc) is 3.19. The zero-order chi connectivity index (χ0) is 21.6. The lowest BCUT2D eigenvalue weighted by molar-refractivity contribution is -0.119. The molecule has 1 amide bonds. The number of thiazole rings is 1. The molecule has 1 aliphatic rings. The fraction of sp³-hybridized carbons (Fsp3) is 0.391. The molecule has 0 saturated carbocycles. The van der Waals surface area contributed by atoms with Crippen LogP contribution in [-0.2, 0) is 9.53 Å². The highest BCUT2D eigenvalue weighted by atomic mass is 35.5. The van der Waals surface area contributed by atoms with Gasteiger partial charge in [0.1, 0.15) is 5.75 Å². The molecule has 2 heterocycles. The standard InChI is InChI=1S/C23H26ClN3O3S/c1-17-15-18(24)16-20-22(17)25-23(31-20)27(9-8-26-10-13-29-14-11-26)21(28)7-12-30-19-5-3-2-4-6-19/h2-6,15-16H,7-14H2,1H3. The first kappa shape index (κ1) is 22.0. The van der Waals surface area contributed by atoms with Crippen molar-refractivity contribution in [2.45, 2.75) is 13.3 Å². The van der Waals surface area contributed by atoms with E-state index in [1.54, 1.807) is 4.90 Å². The normalized spacial score (nSPS) is 14.6. The second-order valence-electron chi connectivity index (χ2n) is 7.48. The summed E-state index contributed by atoms with van der Waals surface area (Å²) in [5.41, 5.74) is 1.91. The lowest BCUT2D eigenvalue weighted by Crippen LogP contribution is -2.43. The van der Waals surface area contributed by atoms with Gasteiger partial charge in [0.25, 0.3) is 0 Å². The van der Waals surface area contributed by atoms with Gasteiger partial charge in [-0.1, -0.05) is 41.1 Å². The highest BCUT2D eigenvalue weighted by molar-refractivity contribution is 7.22. The van der Waals surface area contributed by atoms with E-state index >= 15 is 0 Å². The van der Waals surface area contributed by atoms with Crippen LogP contribution in [0, 0.1) is 6.92 Å². The van der Waals surface area contributed by atoms with E-state index in [1.807, 2.05) is 49.4 Å². The number of morpholine rings is 1. The molecule has 2 aromatic carbocycles. The molecule has 1 aliphatic heterocycles. The second kappa shape index (κ2) is 10.4. The number of fused-ring (bicyclic) bond motifs is 1. The van der Waals surface area contributed by atoms with E-state index in [0.717, 1.165) is 54.4 Å². The first-order valence-corrected chi connectivity index (χ1v) is 11.6. The maximum Gasteiger partial charge on any atom is 0.232 e. The molecular formula is C23H26ClN3O3S. The van der Waals surface area contributed by atoms with E-state index in [9.17, 15) is 4.79 Å². The largest absolute Gasteiger partial charge is 0.493 e. The summed E-state index contributed by atoms with van der Waals surface area (Å²) >= 11 is 7.73. The van der Waals surface area contributed by atoms with Crippen LogP contribution in [0.4, 0.5) is 5.13 Å². The second-order valence-corrected chi connectivity index (χ2v) is 8.92. The van der Waals surface area contributed by atoms with Crippen molar-refractivity contribution >= 4 is 44.2 Å². The average molecular weight is 460 g/mol. The minimum Gasteiger partial charge on any atom is -0.493 e. The number of carbonyl (C=O) groups is 1. The molecule has 0 atom stereocenters. The van der Waals surface area contributed by atoms with Gasteiger partial charge in [0.05, 0.1) is 36.5 Å². The smallest absolute Gasteiger partial charge is 0.232 e. The molecule has 6 nitrogen and oxygen atoms in total. The number of ether oxygens (including phenoxy) is 2. The van der Waals surface area contributed by atoms with Crippen molar-refractivity contribution in [3.05, 3.63) is 53.1 Å². The summed E-state index contributed by atoms with van der Waals surface area (Å²) in [5, 5.41) is 1.39. The number of aryl methyl sites for hydroxylation is 1. The number of halogens is 1. The van der Waals surface area contributed by atoms with E-state index in [2.05, 4.69) is 4.90 Å². The van der Waals surface area contributed by atoms with Crippen molar-refractivity contribution in [3.63, 3.8) is 0 Å². The lowest BCUT2D eigenvalue weighted by Gasteiger charge is -2.29. The number of rotatable bonds is 8. The van der Waals surface area contributed by atoms with Crippen molar-refractivity contribution in [2.24, 2.45) is 0 Å². The van der Waals surface area contributed by atoms with Gasteiger partial charge in [-0.05, 0) is 36.8 Å². The first-order chi connectivity index (χ1) is 15.1. The summed E-state index contributed by atoms with van der Waals surface area (Å²) in [6.45, 7) is 6.91. The number of amides is 1. The fourth-order valence-electron chi connectivity index (χ4n) is 3.56. The summed E-state index contributed by atoms with van der Waals surface area (Å²) in [7, 11) is 0. The van der Waals surface area contributed by atoms with Crippen LogP contribution in [0.1, 0.15) is 12.0 Å². The first-order valence-electron chi connectivity index (χ1n) is 10.4. The molecule has 1 saturated heterocycles. The number of hydrogen-bond acceptors (Lipinski definition) is 6. The zero-order valence-corrected chi connectivity index (χ0v) is 19.1. The SMILES string of the molecule is Cc1cc(Cl)cc2sc(N(CCN3CCOCC3)C(=O)CCOc3ccccc3)nc12. The molecule has 0 bridgehead atoms. The maximum atomic E-state index is 13.2. The Morgan fingerprint density at radius 1 is 1.26 bits per heavy atom. The Hall–Kier alpha value is -2.19.